The molecule has 2 aromatic heterocycles. The number of nitrogens with zero attached hydrogens (tertiary/aromatic N) is 4. The summed E-state index contributed by atoms with van der Waals surface area (Å²) in [7, 11) is 0. The molecule has 0 aromatic carbocycles. The summed E-state index contributed by atoms with van der Waals surface area (Å²) in [5.74, 6) is -0.703. The van der Waals surface area contributed by atoms with E-state index < -0.39 is 36.6 Å². The molecule has 2 saturated heterocycles. The average molecular weight is 567 g/mol. The van der Waals surface area contributed by atoms with Gasteiger partial charge in [0.2, 0.25) is 0 Å². The quantitative estimate of drug-likeness (QED) is 0.461. The molecule has 40 heavy (non-hydrogen) atoms. The van der Waals surface area contributed by atoms with Crippen molar-refractivity contribution in [1.29, 1.82) is 0 Å². The number of aliphatic hydroxyl groups is 1. The normalized spacial score (nSPS) is 22.1. The first-order chi connectivity index (χ1) is 18.9. The SMILES string of the molecule is CC1(C)OC[C@H](COc2ccnc(NC(=O)N3c4nc(C(=O)NC[C@H](O)C(F)(F)F)ccc4N4CCC3C4)c2)O1. The van der Waals surface area contributed by atoms with Crippen molar-refractivity contribution < 1.29 is 42.1 Å². The number of ether oxygens (including phenoxy) is 3. The van der Waals surface area contributed by atoms with Crippen LogP contribution in [0.25, 0.3) is 0 Å². The molecule has 3 atom stereocenters. The predicted octanol–water partition coefficient (Wildman–Crippen LogP) is 2.29. The van der Waals surface area contributed by atoms with Crippen molar-refractivity contribution in [2.24, 2.45) is 0 Å². The summed E-state index contributed by atoms with van der Waals surface area (Å²) in [5, 5.41) is 14.0. The Labute approximate surface area is 227 Å². The van der Waals surface area contributed by atoms with Gasteiger partial charge in [-0.1, -0.05) is 0 Å². The lowest BCUT2D eigenvalue weighted by molar-refractivity contribution is -0.201. The highest BCUT2D eigenvalue weighted by Crippen LogP contribution is 2.39. The number of rotatable bonds is 7. The van der Waals surface area contributed by atoms with Gasteiger partial charge >= 0.3 is 12.2 Å². The van der Waals surface area contributed by atoms with Crippen LogP contribution >= 0.6 is 0 Å². The van der Waals surface area contributed by atoms with E-state index >= 15 is 0 Å². The zero-order valence-electron chi connectivity index (χ0n) is 21.8. The van der Waals surface area contributed by atoms with E-state index in [0.29, 0.717) is 37.6 Å². The van der Waals surface area contributed by atoms with Gasteiger partial charge in [0.05, 0.1) is 24.9 Å². The second-order valence-corrected chi connectivity index (χ2v) is 10.1. The minimum absolute atomic E-state index is 0.191. The Hall–Kier alpha value is -3.69. The largest absolute Gasteiger partial charge is 0.491 e. The Balaban J connectivity index is 1.28. The van der Waals surface area contributed by atoms with Gasteiger partial charge in [0.1, 0.15) is 30.0 Å². The molecule has 15 heteroatoms. The lowest BCUT2D eigenvalue weighted by atomic mass is 10.1. The Bertz CT molecular complexity index is 1280. The lowest BCUT2D eigenvalue weighted by Crippen LogP contribution is -2.48. The summed E-state index contributed by atoms with van der Waals surface area (Å²) in [6.45, 7) is 4.47. The summed E-state index contributed by atoms with van der Waals surface area (Å²) in [6, 6.07) is 5.39. The third-order valence-corrected chi connectivity index (χ3v) is 6.71. The van der Waals surface area contributed by atoms with Crippen molar-refractivity contribution in [3.8, 4) is 5.75 Å². The molecule has 3 aliphatic rings. The highest BCUT2D eigenvalue weighted by molar-refractivity contribution is 6.05. The minimum Gasteiger partial charge on any atom is -0.491 e. The number of halogens is 3. The molecule has 1 unspecified atom stereocenters. The highest BCUT2D eigenvalue weighted by Gasteiger charge is 2.41. The summed E-state index contributed by atoms with van der Waals surface area (Å²) >= 11 is 0. The maximum absolute atomic E-state index is 13.5. The van der Waals surface area contributed by atoms with E-state index in [9.17, 15) is 27.9 Å². The second-order valence-electron chi connectivity index (χ2n) is 10.1. The maximum atomic E-state index is 13.5. The van der Waals surface area contributed by atoms with Crippen LogP contribution in [-0.2, 0) is 9.47 Å². The van der Waals surface area contributed by atoms with Crippen LogP contribution in [0.4, 0.5) is 35.3 Å². The Morgan fingerprint density at radius 1 is 1.30 bits per heavy atom. The first-order valence-electron chi connectivity index (χ1n) is 12.7. The molecule has 3 amide bonds. The van der Waals surface area contributed by atoms with Crippen LogP contribution in [0.1, 0.15) is 30.8 Å². The number of amides is 3. The van der Waals surface area contributed by atoms with Crippen LogP contribution in [-0.4, -0.2) is 90.1 Å². The third-order valence-electron chi connectivity index (χ3n) is 6.71. The fourth-order valence-electron chi connectivity index (χ4n) is 4.77. The van der Waals surface area contributed by atoms with E-state index in [1.54, 1.807) is 18.2 Å². The molecule has 0 radical (unpaired) electrons. The number of hydrogen-bond donors (Lipinski definition) is 3. The number of hydrogen-bond acceptors (Lipinski definition) is 9. The van der Waals surface area contributed by atoms with Gasteiger partial charge in [-0.3, -0.25) is 15.0 Å². The molecule has 3 N–H and O–H groups in total. The number of carbonyl (C=O) groups excluding carboxylic acids is 2. The molecule has 0 aliphatic carbocycles. The van der Waals surface area contributed by atoms with Gasteiger partial charge in [-0.05, 0) is 38.5 Å². The van der Waals surface area contributed by atoms with Gasteiger partial charge in [0.15, 0.2) is 17.7 Å². The Morgan fingerprint density at radius 2 is 2.10 bits per heavy atom. The third kappa shape index (κ3) is 6.05. The molecule has 3 aliphatic heterocycles. The molecular formula is C25H29F3N6O6. The number of nitrogens with one attached hydrogen (secondary N) is 2. The average Bonchev–Trinajstić information content (AvgIpc) is 3.48. The molecule has 0 spiro atoms. The van der Waals surface area contributed by atoms with Crippen LogP contribution in [0, 0.1) is 0 Å². The van der Waals surface area contributed by atoms with Crippen LogP contribution in [0.2, 0.25) is 0 Å². The number of pyridine rings is 2. The van der Waals surface area contributed by atoms with E-state index in [4.69, 9.17) is 14.2 Å². The monoisotopic (exact) mass is 566 g/mol. The van der Waals surface area contributed by atoms with E-state index in [1.807, 2.05) is 24.1 Å². The zero-order chi connectivity index (χ0) is 28.7. The fraction of sp³-hybridized carbons (Fsp3) is 0.520. The lowest BCUT2D eigenvalue weighted by Gasteiger charge is -2.35. The van der Waals surface area contributed by atoms with Crippen molar-refractivity contribution in [2.45, 2.75) is 50.5 Å². The zero-order valence-corrected chi connectivity index (χ0v) is 21.8. The number of alkyl halides is 3. The van der Waals surface area contributed by atoms with E-state index in [0.717, 1.165) is 0 Å². The maximum Gasteiger partial charge on any atom is 0.416 e. The van der Waals surface area contributed by atoms with Crippen LogP contribution in [0.3, 0.4) is 0 Å². The summed E-state index contributed by atoms with van der Waals surface area (Å²) in [4.78, 5) is 37.9. The Morgan fingerprint density at radius 3 is 2.83 bits per heavy atom. The topological polar surface area (TPSA) is 138 Å². The van der Waals surface area contributed by atoms with Crippen molar-refractivity contribution in [1.82, 2.24) is 15.3 Å². The van der Waals surface area contributed by atoms with E-state index in [-0.39, 0.29) is 36.1 Å². The second kappa shape index (κ2) is 10.7. The molecule has 2 aromatic rings. The molecule has 2 fully saturated rings. The highest BCUT2D eigenvalue weighted by atomic mass is 19.4. The number of anilines is 3. The number of aliphatic hydroxyl groups excluding tert-OH is 1. The van der Waals surface area contributed by atoms with Crippen LogP contribution in [0.15, 0.2) is 30.5 Å². The fourth-order valence-corrected chi connectivity index (χ4v) is 4.77. The van der Waals surface area contributed by atoms with Crippen LogP contribution < -0.4 is 25.2 Å². The molecule has 2 bridgehead atoms. The first-order valence-corrected chi connectivity index (χ1v) is 12.7. The number of carbonyl (C=O) groups is 2. The summed E-state index contributed by atoms with van der Waals surface area (Å²) in [5.41, 5.74) is 0.422. The van der Waals surface area contributed by atoms with Gasteiger partial charge < -0.3 is 29.5 Å². The van der Waals surface area contributed by atoms with Crippen molar-refractivity contribution >= 4 is 29.3 Å². The van der Waals surface area contributed by atoms with E-state index in [2.05, 4.69) is 15.3 Å². The van der Waals surface area contributed by atoms with Crippen molar-refractivity contribution in [2.75, 3.05) is 48.0 Å². The number of urea groups is 1. The number of aromatic nitrogens is 2. The van der Waals surface area contributed by atoms with Crippen molar-refractivity contribution in [3.63, 3.8) is 0 Å². The Kier molecular flexibility index (Phi) is 7.46. The molecular weight excluding hydrogens is 537 g/mol. The minimum atomic E-state index is -4.87. The van der Waals surface area contributed by atoms with Gasteiger partial charge in [-0.25, -0.2) is 14.8 Å². The summed E-state index contributed by atoms with van der Waals surface area (Å²) < 4.78 is 54.9. The molecule has 0 saturated carbocycles. The first kappa shape index (κ1) is 27.9. The van der Waals surface area contributed by atoms with Gasteiger partial charge in [-0.15, -0.1) is 0 Å². The molecule has 216 valence electrons. The standard InChI is InChI=1S/C25H29F3N6O6/c1-24(2)39-13-16(40-24)12-38-15-5-7-29-20(9-15)32-23(37)34-14-6-8-33(11-14)18-4-3-17(31-21(18)34)22(36)30-10-19(35)25(26,27)28/h3-5,7,9,14,16,19,35H,6,8,10-13H2,1-2H3,(H,30,36)(H,29,32,37)/t14?,16-,19-/m0/s1. The van der Waals surface area contributed by atoms with Gasteiger partial charge in [0, 0.05) is 25.4 Å². The number of fused-ring (bicyclic) bond motifs is 4. The van der Waals surface area contributed by atoms with Crippen molar-refractivity contribution in [3.05, 3.63) is 36.2 Å². The van der Waals surface area contributed by atoms with Crippen LogP contribution in [0.5, 0.6) is 5.75 Å². The predicted molar refractivity (Wildman–Crippen MR) is 135 cm³/mol. The smallest absolute Gasteiger partial charge is 0.416 e. The summed E-state index contributed by atoms with van der Waals surface area (Å²) in [6.07, 6.45) is -5.69. The molecule has 5 heterocycles. The van der Waals surface area contributed by atoms with Gasteiger partial charge in [-0.2, -0.15) is 13.2 Å². The molecule has 5 rings (SSSR count). The van der Waals surface area contributed by atoms with Gasteiger partial charge in [0.25, 0.3) is 5.91 Å². The van der Waals surface area contributed by atoms with E-state index in [1.165, 1.54) is 17.2 Å². The molecule has 12 nitrogen and oxygen atoms in total.